The van der Waals surface area contributed by atoms with Crippen molar-refractivity contribution in [3.63, 3.8) is 0 Å². The first-order valence-electron chi connectivity index (χ1n) is 6.43. The molecule has 2 rings (SSSR count). The van der Waals surface area contributed by atoms with Gasteiger partial charge in [-0.15, -0.1) is 0 Å². The third kappa shape index (κ3) is 3.56. The molecule has 0 radical (unpaired) electrons. The van der Waals surface area contributed by atoms with Crippen LogP contribution in [0.4, 0.5) is 13.2 Å². The molecule has 2 N–H and O–H groups in total. The van der Waals surface area contributed by atoms with E-state index in [1.54, 1.807) is 0 Å². The van der Waals surface area contributed by atoms with Gasteiger partial charge >= 0.3 is 6.18 Å². The van der Waals surface area contributed by atoms with E-state index < -0.39 is 32.3 Å². The molecule has 1 fully saturated rings. The van der Waals surface area contributed by atoms with Crippen LogP contribution in [0.1, 0.15) is 30.4 Å². The molecule has 21 heavy (non-hydrogen) atoms. The molecule has 1 saturated carbocycles. The van der Waals surface area contributed by atoms with Gasteiger partial charge in [-0.3, -0.25) is 0 Å². The van der Waals surface area contributed by atoms with E-state index in [1.165, 1.54) is 6.92 Å². The van der Waals surface area contributed by atoms with Gasteiger partial charge in [0.15, 0.2) is 0 Å². The highest BCUT2D eigenvalue weighted by molar-refractivity contribution is 7.89. The molecule has 0 aromatic heterocycles. The summed E-state index contributed by atoms with van der Waals surface area (Å²) in [5.41, 5.74) is -2.10. The van der Waals surface area contributed by atoms with Crippen molar-refractivity contribution in [1.82, 2.24) is 4.72 Å². The molecule has 8 heteroatoms. The largest absolute Gasteiger partial charge is 0.416 e. The second-order valence-electron chi connectivity index (χ2n) is 5.38. The summed E-state index contributed by atoms with van der Waals surface area (Å²) in [6.07, 6.45) is -2.84. The van der Waals surface area contributed by atoms with Gasteiger partial charge in [-0.1, -0.05) is 6.07 Å². The SMILES string of the molecule is Cc1ccc(S(=O)(=O)NCC2(O)CCC2)cc1C(F)(F)F. The van der Waals surface area contributed by atoms with Crippen LogP contribution in [0.5, 0.6) is 0 Å². The van der Waals surface area contributed by atoms with Crippen LogP contribution in [0.15, 0.2) is 23.1 Å². The summed E-state index contributed by atoms with van der Waals surface area (Å²) in [4.78, 5) is -0.455. The summed E-state index contributed by atoms with van der Waals surface area (Å²) in [6.45, 7) is 1.08. The summed E-state index contributed by atoms with van der Waals surface area (Å²) < 4.78 is 64.6. The quantitative estimate of drug-likeness (QED) is 0.893. The van der Waals surface area contributed by atoms with Crippen molar-refractivity contribution in [3.05, 3.63) is 29.3 Å². The molecule has 0 amide bonds. The molecule has 1 aromatic carbocycles. The van der Waals surface area contributed by atoms with Crippen molar-refractivity contribution >= 4 is 10.0 Å². The Labute approximate surface area is 121 Å². The number of sulfonamides is 1. The van der Waals surface area contributed by atoms with Crippen LogP contribution in [0.25, 0.3) is 0 Å². The molecule has 0 unspecified atom stereocenters. The number of halogens is 3. The Kier molecular flexibility index (Phi) is 4.07. The predicted octanol–water partition coefficient (Wildman–Crippen LogP) is 2.21. The average Bonchev–Trinajstić information content (AvgIpc) is 2.33. The fourth-order valence-electron chi connectivity index (χ4n) is 2.15. The maximum atomic E-state index is 12.8. The van der Waals surface area contributed by atoms with Crippen LogP contribution in [0, 0.1) is 6.92 Å². The predicted molar refractivity (Wildman–Crippen MR) is 70.2 cm³/mol. The number of aliphatic hydroxyl groups is 1. The maximum Gasteiger partial charge on any atom is 0.416 e. The second-order valence-corrected chi connectivity index (χ2v) is 7.14. The van der Waals surface area contributed by atoms with Crippen molar-refractivity contribution in [2.45, 2.75) is 42.9 Å². The fourth-order valence-corrected chi connectivity index (χ4v) is 3.29. The number of aryl methyl sites for hydroxylation is 1. The Morgan fingerprint density at radius 2 is 1.95 bits per heavy atom. The van der Waals surface area contributed by atoms with E-state index >= 15 is 0 Å². The summed E-state index contributed by atoms with van der Waals surface area (Å²) in [7, 11) is -4.08. The lowest BCUT2D eigenvalue weighted by molar-refractivity contribution is -0.138. The van der Waals surface area contributed by atoms with Crippen molar-refractivity contribution < 1.29 is 26.7 Å². The summed E-state index contributed by atoms with van der Waals surface area (Å²) in [6, 6.07) is 2.86. The molecule has 0 atom stereocenters. The number of hydrogen-bond donors (Lipinski definition) is 2. The molecular formula is C13H16F3NO3S. The van der Waals surface area contributed by atoms with Crippen LogP contribution in [0.3, 0.4) is 0 Å². The van der Waals surface area contributed by atoms with Gasteiger partial charge in [0.1, 0.15) is 0 Å². The average molecular weight is 323 g/mol. The van der Waals surface area contributed by atoms with E-state index in [0.29, 0.717) is 18.9 Å². The van der Waals surface area contributed by atoms with E-state index in [1.807, 2.05) is 0 Å². The first-order valence-corrected chi connectivity index (χ1v) is 7.92. The normalized spacial score (nSPS) is 18.3. The van der Waals surface area contributed by atoms with Crippen LogP contribution in [-0.2, 0) is 16.2 Å². The van der Waals surface area contributed by atoms with E-state index in [4.69, 9.17) is 0 Å². The monoisotopic (exact) mass is 323 g/mol. The topological polar surface area (TPSA) is 66.4 Å². The van der Waals surface area contributed by atoms with Gasteiger partial charge in [-0.05, 0) is 43.9 Å². The number of benzene rings is 1. The van der Waals surface area contributed by atoms with Gasteiger partial charge in [0.2, 0.25) is 10.0 Å². The smallest absolute Gasteiger partial charge is 0.389 e. The zero-order valence-electron chi connectivity index (χ0n) is 11.4. The lowest BCUT2D eigenvalue weighted by atomic mass is 9.81. The van der Waals surface area contributed by atoms with Gasteiger partial charge in [0, 0.05) is 6.54 Å². The molecule has 0 heterocycles. The number of rotatable bonds is 4. The van der Waals surface area contributed by atoms with Gasteiger partial charge in [0.25, 0.3) is 0 Å². The van der Waals surface area contributed by atoms with Gasteiger partial charge in [-0.25, -0.2) is 13.1 Å². The van der Waals surface area contributed by atoms with Gasteiger partial charge < -0.3 is 5.11 Å². The van der Waals surface area contributed by atoms with E-state index in [9.17, 15) is 26.7 Å². The minimum atomic E-state index is -4.61. The summed E-state index contributed by atoms with van der Waals surface area (Å²) in [5, 5.41) is 9.84. The summed E-state index contributed by atoms with van der Waals surface area (Å²) in [5.74, 6) is 0. The first kappa shape index (κ1) is 16.3. The van der Waals surface area contributed by atoms with Crippen molar-refractivity contribution in [2.24, 2.45) is 0 Å². The Balaban J connectivity index is 2.24. The molecule has 4 nitrogen and oxygen atoms in total. The van der Waals surface area contributed by atoms with Crippen LogP contribution in [0.2, 0.25) is 0 Å². The third-order valence-corrected chi connectivity index (χ3v) is 5.10. The molecule has 1 aliphatic carbocycles. The van der Waals surface area contributed by atoms with Crippen LogP contribution >= 0.6 is 0 Å². The first-order chi connectivity index (χ1) is 9.54. The molecular weight excluding hydrogens is 307 g/mol. The Morgan fingerprint density at radius 1 is 1.33 bits per heavy atom. The molecule has 118 valence electrons. The second kappa shape index (κ2) is 5.26. The molecule has 0 spiro atoms. The molecule has 0 saturated heterocycles. The Hall–Kier alpha value is -1.12. The molecule has 0 bridgehead atoms. The minimum absolute atomic E-state index is 0.0425. The van der Waals surface area contributed by atoms with Gasteiger partial charge in [-0.2, -0.15) is 13.2 Å². The Bertz CT molecular complexity index is 637. The number of alkyl halides is 3. The molecule has 0 aliphatic heterocycles. The maximum absolute atomic E-state index is 12.8. The number of hydrogen-bond acceptors (Lipinski definition) is 3. The minimum Gasteiger partial charge on any atom is -0.389 e. The highest BCUT2D eigenvalue weighted by Crippen LogP contribution is 2.34. The van der Waals surface area contributed by atoms with Crippen LogP contribution in [-0.4, -0.2) is 25.7 Å². The highest BCUT2D eigenvalue weighted by Gasteiger charge is 2.36. The lowest BCUT2D eigenvalue weighted by Gasteiger charge is -2.36. The van der Waals surface area contributed by atoms with E-state index in [0.717, 1.165) is 18.6 Å². The van der Waals surface area contributed by atoms with Gasteiger partial charge in [0.05, 0.1) is 16.1 Å². The fraction of sp³-hybridized carbons (Fsp3) is 0.538. The lowest BCUT2D eigenvalue weighted by Crippen LogP contribution is -2.47. The molecule has 1 aliphatic rings. The molecule has 1 aromatic rings. The standard InChI is InChI=1S/C13H16F3NO3S/c1-9-3-4-10(7-11(9)13(14,15)16)21(19,20)17-8-12(18)5-2-6-12/h3-4,7,17-18H,2,5-6,8H2,1H3. The van der Waals surface area contributed by atoms with E-state index in [-0.39, 0.29) is 12.1 Å². The van der Waals surface area contributed by atoms with Crippen molar-refractivity contribution in [3.8, 4) is 0 Å². The number of nitrogens with one attached hydrogen (secondary N) is 1. The highest BCUT2D eigenvalue weighted by atomic mass is 32.2. The third-order valence-electron chi connectivity index (χ3n) is 3.70. The van der Waals surface area contributed by atoms with Crippen LogP contribution < -0.4 is 4.72 Å². The Morgan fingerprint density at radius 3 is 2.43 bits per heavy atom. The zero-order valence-corrected chi connectivity index (χ0v) is 12.2. The van der Waals surface area contributed by atoms with Crippen molar-refractivity contribution in [1.29, 1.82) is 0 Å². The van der Waals surface area contributed by atoms with E-state index in [2.05, 4.69) is 4.72 Å². The zero-order chi connectivity index (χ0) is 15.9. The van der Waals surface area contributed by atoms with Crippen molar-refractivity contribution in [2.75, 3.05) is 6.54 Å². The summed E-state index contributed by atoms with van der Waals surface area (Å²) >= 11 is 0.